The van der Waals surface area contributed by atoms with Crippen molar-refractivity contribution in [3.63, 3.8) is 0 Å². The summed E-state index contributed by atoms with van der Waals surface area (Å²) in [6.45, 7) is 5.48. The number of carbonyl (C=O) groups is 3. The Balaban J connectivity index is 1.33. The molecule has 0 unspecified atom stereocenters. The number of hydrogen-bond acceptors (Lipinski definition) is 5. The van der Waals surface area contributed by atoms with Crippen LogP contribution in [0.4, 0.5) is 11.4 Å². The van der Waals surface area contributed by atoms with Crippen LogP contribution in [0.1, 0.15) is 52.8 Å². The molecule has 2 heterocycles. The maximum absolute atomic E-state index is 13.2. The standard InChI is InChI=1S/C29H37N5O3/c35-27(22-7-3-1-4-8-22)31-25-21-24(29(37)33-15-13-30-14-16-33)11-12-26(25)32-17-19-34(20-18-32)28(36)23-9-5-2-6-10-23/h2,5-6,9-12,21-22,30H,1,3-4,7-8,13-20H2,(H,31,35). The van der Waals surface area contributed by atoms with E-state index in [1.54, 1.807) is 0 Å². The minimum Gasteiger partial charge on any atom is -0.366 e. The molecule has 2 aromatic carbocycles. The molecule has 2 aromatic rings. The fourth-order valence-electron chi connectivity index (χ4n) is 5.61. The van der Waals surface area contributed by atoms with Crippen LogP contribution in [0.5, 0.6) is 0 Å². The first-order valence-electron chi connectivity index (χ1n) is 13.6. The van der Waals surface area contributed by atoms with E-state index in [1.807, 2.05) is 58.3 Å². The van der Waals surface area contributed by atoms with Crippen molar-refractivity contribution in [2.45, 2.75) is 32.1 Å². The number of piperazine rings is 2. The zero-order chi connectivity index (χ0) is 25.6. The second-order valence-corrected chi connectivity index (χ2v) is 10.2. The monoisotopic (exact) mass is 503 g/mol. The molecule has 8 heteroatoms. The van der Waals surface area contributed by atoms with E-state index in [2.05, 4.69) is 15.5 Å². The summed E-state index contributed by atoms with van der Waals surface area (Å²) < 4.78 is 0. The number of benzene rings is 2. The molecule has 2 saturated heterocycles. The fourth-order valence-corrected chi connectivity index (χ4v) is 5.61. The van der Waals surface area contributed by atoms with E-state index in [1.165, 1.54) is 6.42 Å². The molecule has 3 fully saturated rings. The fraction of sp³-hybridized carbons (Fsp3) is 0.483. The van der Waals surface area contributed by atoms with Crippen molar-refractivity contribution in [2.75, 3.05) is 62.6 Å². The highest BCUT2D eigenvalue weighted by Gasteiger charge is 2.27. The number of carbonyl (C=O) groups excluding carboxylic acids is 3. The van der Waals surface area contributed by atoms with E-state index in [0.29, 0.717) is 56.1 Å². The van der Waals surface area contributed by atoms with Gasteiger partial charge < -0.3 is 25.3 Å². The number of amides is 3. The molecule has 0 atom stereocenters. The number of hydrogen-bond donors (Lipinski definition) is 2. The summed E-state index contributed by atoms with van der Waals surface area (Å²) in [5.74, 6) is 0.114. The summed E-state index contributed by atoms with van der Waals surface area (Å²) in [5, 5.41) is 6.47. The van der Waals surface area contributed by atoms with Gasteiger partial charge in [-0.05, 0) is 43.2 Å². The van der Waals surface area contributed by atoms with Gasteiger partial charge in [0, 0.05) is 69.4 Å². The molecular weight excluding hydrogens is 466 g/mol. The normalized spacial score (nSPS) is 19.0. The molecule has 2 aliphatic heterocycles. The Bertz CT molecular complexity index is 1100. The Hall–Kier alpha value is -3.39. The Labute approximate surface area is 219 Å². The van der Waals surface area contributed by atoms with Gasteiger partial charge in [-0.2, -0.15) is 0 Å². The van der Waals surface area contributed by atoms with Crippen molar-refractivity contribution in [1.82, 2.24) is 15.1 Å². The molecule has 0 aromatic heterocycles. The molecule has 0 radical (unpaired) electrons. The summed E-state index contributed by atoms with van der Waals surface area (Å²) in [7, 11) is 0. The number of rotatable bonds is 5. The van der Waals surface area contributed by atoms with Gasteiger partial charge in [0.25, 0.3) is 11.8 Å². The van der Waals surface area contributed by atoms with E-state index in [0.717, 1.165) is 44.5 Å². The van der Waals surface area contributed by atoms with Crippen molar-refractivity contribution in [3.8, 4) is 0 Å². The highest BCUT2D eigenvalue weighted by atomic mass is 16.2. The van der Waals surface area contributed by atoms with Crippen LogP contribution in [0.2, 0.25) is 0 Å². The van der Waals surface area contributed by atoms with Crippen molar-refractivity contribution in [2.24, 2.45) is 5.92 Å². The highest BCUT2D eigenvalue weighted by Crippen LogP contribution is 2.31. The van der Waals surface area contributed by atoms with Crippen LogP contribution in [-0.2, 0) is 4.79 Å². The Morgan fingerprint density at radius 3 is 2.08 bits per heavy atom. The maximum Gasteiger partial charge on any atom is 0.254 e. The van der Waals surface area contributed by atoms with Crippen LogP contribution in [0.3, 0.4) is 0 Å². The number of nitrogens with zero attached hydrogens (tertiary/aromatic N) is 3. The van der Waals surface area contributed by atoms with E-state index >= 15 is 0 Å². The zero-order valence-electron chi connectivity index (χ0n) is 21.5. The van der Waals surface area contributed by atoms with Gasteiger partial charge in [0.05, 0.1) is 11.4 Å². The van der Waals surface area contributed by atoms with Gasteiger partial charge in [0.15, 0.2) is 0 Å². The molecule has 0 spiro atoms. The van der Waals surface area contributed by atoms with Crippen LogP contribution in [-0.4, -0.2) is 79.9 Å². The molecule has 8 nitrogen and oxygen atoms in total. The SMILES string of the molecule is O=C(Nc1cc(C(=O)N2CCNCC2)ccc1N1CCN(C(=O)c2ccccc2)CC1)C1CCCCC1. The predicted octanol–water partition coefficient (Wildman–Crippen LogP) is 3.21. The second kappa shape index (κ2) is 11.8. The number of anilines is 2. The molecule has 3 aliphatic rings. The van der Waals surface area contributed by atoms with E-state index in [9.17, 15) is 14.4 Å². The Morgan fingerprint density at radius 2 is 1.38 bits per heavy atom. The summed E-state index contributed by atoms with van der Waals surface area (Å²) in [5.41, 5.74) is 2.90. The van der Waals surface area contributed by atoms with E-state index in [-0.39, 0.29) is 23.6 Å². The van der Waals surface area contributed by atoms with Gasteiger partial charge in [-0.3, -0.25) is 14.4 Å². The van der Waals surface area contributed by atoms with E-state index < -0.39 is 0 Å². The van der Waals surface area contributed by atoms with Crippen LogP contribution >= 0.6 is 0 Å². The van der Waals surface area contributed by atoms with Gasteiger partial charge in [-0.25, -0.2) is 0 Å². The molecular formula is C29H37N5O3. The lowest BCUT2D eigenvalue weighted by molar-refractivity contribution is -0.120. The molecule has 3 amide bonds. The van der Waals surface area contributed by atoms with E-state index in [4.69, 9.17) is 0 Å². The van der Waals surface area contributed by atoms with Gasteiger partial charge >= 0.3 is 0 Å². The Kier molecular flexibility index (Phi) is 8.04. The van der Waals surface area contributed by atoms with Crippen LogP contribution in [0, 0.1) is 5.92 Å². The van der Waals surface area contributed by atoms with Crippen LogP contribution in [0.25, 0.3) is 0 Å². The largest absolute Gasteiger partial charge is 0.366 e. The third-order valence-electron chi connectivity index (χ3n) is 7.81. The molecule has 1 saturated carbocycles. The van der Waals surface area contributed by atoms with Crippen LogP contribution in [0.15, 0.2) is 48.5 Å². The van der Waals surface area contributed by atoms with Crippen molar-refractivity contribution >= 4 is 29.1 Å². The summed E-state index contributed by atoms with van der Waals surface area (Å²) in [4.78, 5) is 45.3. The van der Waals surface area contributed by atoms with Crippen molar-refractivity contribution in [3.05, 3.63) is 59.7 Å². The van der Waals surface area contributed by atoms with Gasteiger partial charge in [0.1, 0.15) is 0 Å². The third kappa shape index (κ3) is 5.96. The Morgan fingerprint density at radius 1 is 0.730 bits per heavy atom. The number of nitrogens with one attached hydrogen (secondary N) is 2. The molecule has 37 heavy (non-hydrogen) atoms. The first kappa shape index (κ1) is 25.3. The average Bonchev–Trinajstić information content (AvgIpc) is 2.98. The first-order chi connectivity index (χ1) is 18.1. The lowest BCUT2D eigenvalue weighted by Gasteiger charge is -2.37. The molecule has 5 rings (SSSR count). The van der Waals surface area contributed by atoms with Gasteiger partial charge in [-0.15, -0.1) is 0 Å². The maximum atomic E-state index is 13.2. The van der Waals surface area contributed by atoms with Gasteiger partial charge in [0.2, 0.25) is 5.91 Å². The minimum atomic E-state index is -0.000470. The predicted molar refractivity (Wildman–Crippen MR) is 145 cm³/mol. The van der Waals surface area contributed by atoms with Crippen LogP contribution < -0.4 is 15.5 Å². The molecule has 0 bridgehead atoms. The topological polar surface area (TPSA) is 85.0 Å². The first-order valence-corrected chi connectivity index (χ1v) is 13.6. The lowest BCUT2D eigenvalue weighted by Crippen LogP contribution is -2.49. The lowest BCUT2D eigenvalue weighted by atomic mass is 9.88. The van der Waals surface area contributed by atoms with Crippen molar-refractivity contribution in [1.29, 1.82) is 0 Å². The third-order valence-corrected chi connectivity index (χ3v) is 7.81. The van der Waals surface area contributed by atoms with Crippen molar-refractivity contribution < 1.29 is 14.4 Å². The van der Waals surface area contributed by atoms with Gasteiger partial charge in [-0.1, -0.05) is 37.5 Å². The zero-order valence-corrected chi connectivity index (χ0v) is 21.5. The summed E-state index contributed by atoms with van der Waals surface area (Å²) >= 11 is 0. The summed E-state index contributed by atoms with van der Waals surface area (Å²) in [6, 6.07) is 15.1. The minimum absolute atomic E-state index is 0.000470. The smallest absolute Gasteiger partial charge is 0.254 e. The quantitative estimate of drug-likeness (QED) is 0.655. The summed E-state index contributed by atoms with van der Waals surface area (Å²) in [6.07, 6.45) is 5.20. The molecule has 2 N–H and O–H groups in total. The molecule has 196 valence electrons. The molecule has 1 aliphatic carbocycles. The average molecular weight is 504 g/mol. The second-order valence-electron chi connectivity index (χ2n) is 10.2. The highest BCUT2D eigenvalue weighted by molar-refractivity contribution is 6.01.